The average molecular weight is 293 g/mol. The summed E-state index contributed by atoms with van der Waals surface area (Å²) in [6.45, 7) is 11.4. The Morgan fingerprint density at radius 3 is 2.52 bits per heavy atom. The van der Waals surface area contributed by atoms with Crippen molar-refractivity contribution in [3.63, 3.8) is 0 Å². The van der Waals surface area contributed by atoms with Gasteiger partial charge >= 0.3 is 0 Å². The molecule has 0 aliphatic carbocycles. The van der Waals surface area contributed by atoms with Gasteiger partial charge in [0, 0.05) is 44.8 Å². The van der Waals surface area contributed by atoms with E-state index < -0.39 is 0 Å². The van der Waals surface area contributed by atoms with E-state index in [-0.39, 0.29) is 0 Å². The third-order valence-electron chi connectivity index (χ3n) is 3.99. The molecule has 0 bridgehead atoms. The number of piperazine rings is 1. The minimum absolute atomic E-state index is 0.498. The molecular weight excluding hydrogens is 266 g/mol. The Balaban J connectivity index is 2.01. The normalized spacial score (nSPS) is 17.8. The van der Waals surface area contributed by atoms with Crippen LogP contribution in [0.25, 0.3) is 0 Å². The lowest BCUT2D eigenvalue weighted by atomic mass is 10.1. The summed E-state index contributed by atoms with van der Waals surface area (Å²) in [7, 11) is 0. The van der Waals surface area contributed by atoms with Crippen molar-refractivity contribution in [3.05, 3.63) is 11.9 Å². The smallest absolute Gasteiger partial charge is 0.218 e. The fourth-order valence-corrected chi connectivity index (χ4v) is 2.80. The second-order valence-electron chi connectivity index (χ2n) is 5.37. The third kappa shape index (κ3) is 4.04. The molecule has 1 unspecified atom stereocenters. The van der Waals surface area contributed by atoms with E-state index in [1.165, 1.54) is 0 Å². The Bertz CT molecular complexity index is 442. The summed E-state index contributed by atoms with van der Waals surface area (Å²) < 4.78 is 5.51. The number of nitrogens with two attached hydrogens (primary N) is 1. The molecule has 1 aliphatic rings. The molecule has 6 heteroatoms. The number of hydrogen-bond acceptors (Lipinski definition) is 6. The van der Waals surface area contributed by atoms with Crippen molar-refractivity contribution in [2.75, 3.05) is 44.2 Å². The van der Waals surface area contributed by atoms with Crippen LogP contribution >= 0.6 is 0 Å². The maximum Gasteiger partial charge on any atom is 0.218 e. The molecule has 2 heterocycles. The highest BCUT2D eigenvalue weighted by atomic mass is 16.5. The Morgan fingerprint density at radius 2 is 1.95 bits per heavy atom. The van der Waals surface area contributed by atoms with Crippen molar-refractivity contribution in [1.82, 2.24) is 14.9 Å². The lowest BCUT2D eigenvalue weighted by Crippen LogP contribution is -2.52. The van der Waals surface area contributed by atoms with E-state index in [4.69, 9.17) is 10.5 Å². The molecule has 0 amide bonds. The number of aromatic nitrogens is 2. The van der Waals surface area contributed by atoms with Crippen molar-refractivity contribution in [1.29, 1.82) is 0 Å². The van der Waals surface area contributed by atoms with Crippen molar-refractivity contribution in [2.24, 2.45) is 5.73 Å². The molecule has 1 aromatic heterocycles. The predicted octanol–water partition coefficient (Wildman–Crippen LogP) is 1.04. The Morgan fingerprint density at radius 1 is 1.24 bits per heavy atom. The first-order chi connectivity index (χ1) is 10.2. The van der Waals surface area contributed by atoms with Gasteiger partial charge in [-0.15, -0.1) is 0 Å². The van der Waals surface area contributed by atoms with Gasteiger partial charge in [0.25, 0.3) is 0 Å². The van der Waals surface area contributed by atoms with Crippen molar-refractivity contribution in [2.45, 2.75) is 33.2 Å². The summed E-state index contributed by atoms with van der Waals surface area (Å²) in [5, 5.41) is 0. The zero-order chi connectivity index (χ0) is 15.2. The molecule has 1 atom stereocenters. The van der Waals surface area contributed by atoms with Crippen molar-refractivity contribution in [3.8, 4) is 5.88 Å². The molecule has 1 fully saturated rings. The van der Waals surface area contributed by atoms with Gasteiger partial charge in [0.05, 0.1) is 6.61 Å². The highest BCUT2D eigenvalue weighted by Crippen LogP contribution is 2.20. The van der Waals surface area contributed by atoms with E-state index in [0.29, 0.717) is 18.5 Å². The maximum absolute atomic E-state index is 5.84. The van der Waals surface area contributed by atoms with E-state index in [2.05, 4.69) is 26.7 Å². The molecule has 21 heavy (non-hydrogen) atoms. The van der Waals surface area contributed by atoms with Crippen molar-refractivity contribution >= 4 is 5.82 Å². The second kappa shape index (κ2) is 7.56. The first-order valence-electron chi connectivity index (χ1n) is 7.85. The number of aryl methyl sites for hydroxylation is 1. The highest BCUT2D eigenvalue weighted by Gasteiger charge is 2.23. The maximum atomic E-state index is 5.84. The molecule has 0 saturated carbocycles. The number of hydrogen-bond donors (Lipinski definition) is 1. The van der Waals surface area contributed by atoms with Gasteiger partial charge in [-0.3, -0.25) is 4.90 Å². The Hall–Kier alpha value is -1.40. The molecule has 2 N–H and O–H groups in total. The number of rotatable bonds is 6. The molecule has 0 radical (unpaired) electrons. The molecule has 118 valence electrons. The van der Waals surface area contributed by atoms with Crippen molar-refractivity contribution < 1.29 is 4.74 Å². The largest absolute Gasteiger partial charge is 0.478 e. The third-order valence-corrected chi connectivity index (χ3v) is 3.99. The second-order valence-corrected chi connectivity index (χ2v) is 5.37. The molecular formula is C15H27N5O. The Labute approximate surface area is 127 Å². The number of ether oxygens (including phenoxy) is 1. The molecule has 2 rings (SSSR count). The summed E-state index contributed by atoms with van der Waals surface area (Å²) in [6, 6.07) is 2.44. The van der Waals surface area contributed by atoms with E-state index in [9.17, 15) is 0 Å². The van der Waals surface area contributed by atoms with Gasteiger partial charge in [0.1, 0.15) is 11.6 Å². The SMILES string of the molecule is CCOc1cc(N2CCN(C(CC)CN)CC2)nc(C)n1. The van der Waals surface area contributed by atoms with Crippen LogP contribution in [0.5, 0.6) is 5.88 Å². The zero-order valence-electron chi connectivity index (χ0n) is 13.4. The van der Waals surface area contributed by atoms with Crippen LogP contribution in [0.1, 0.15) is 26.1 Å². The monoisotopic (exact) mass is 293 g/mol. The molecule has 0 aromatic carbocycles. The first-order valence-corrected chi connectivity index (χ1v) is 7.85. The summed E-state index contributed by atoms with van der Waals surface area (Å²) in [6.07, 6.45) is 1.11. The van der Waals surface area contributed by atoms with Crippen LogP contribution in [0.3, 0.4) is 0 Å². The minimum atomic E-state index is 0.498. The van der Waals surface area contributed by atoms with Crippen LogP contribution in [-0.2, 0) is 0 Å². The molecule has 6 nitrogen and oxygen atoms in total. The van der Waals surface area contributed by atoms with Crippen LogP contribution in [0.4, 0.5) is 5.82 Å². The summed E-state index contributed by atoms with van der Waals surface area (Å²) in [4.78, 5) is 13.6. The lowest BCUT2D eigenvalue weighted by molar-refractivity contribution is 0.184. The number of anilines is 1. The van der Waals surface area contributed by atoms with Gasteiger partial charge in [-0.1, -0.05) is 6.92 Å². The minimum Gasteiger partial charge on any atom is -0.478 e. The average Bonchev–Trinajstić information content (AvgIpc) is 2.49. The van der Waals surface area contributed by atoms with E-state index in [1.807, 2.05) is 19.9 Å². The Kier molecular flexibility index (Phi) is 5.76. The summed E-state index contributed by atoms with van der Waals surface area (Å²) in [5.74, 6) is 2.38. The molecule has 1 saturated heterocycles. The fraction of sp³-hybridized carbons (Fsp3) is 0.733. The topological polar surface area (TPSA) is 67.5 Å². The zero-order valence-corrected chi connectivity index (χ0v) is 13.4. The molecule has 1 aromatic rings. The molecule has 1 aliphatic heterocycles. The van der Waals surface area contributed by atoms with Gasteiger partial charge in [0.2, 0.25) is 5.88 Å². The lowest BCUT2D eigenvalue weighted by Gasteiger charge is -2.39. The van der Waals surface area contributed by atoms with Gasteiger partial charge in [-0.2, -0.15) is 4.98 Å². The van der Waals surface area contributed by atoms with Gasteiger partial charge < -0.3 is 15.4 Å². The summed E-state index contributed by atoms with van der Waals surface area (Å²) in [5.41, 5.74) is 5.84. The van der Waals surface area contributed by atoms with Crippen LogP contribution in [0.15, 0.2) is 6.07 Å². The quantitative estimate of drug-likeness (QED) is 0.845. The van der Waals surface area contributed by atoms with Crippen LogP contribution in [0.2, 0.25) is 0 Å². The van der Waals surface area contributed by atoms with E-state index >= 15 is 0 Å². The van der Waals surface area contributed by atoms with Gasteiger partial charge in [0.15, 0.2) is 0 Å². The van der Waals surface area contributed by atoms with E-state index in [0.717, 1.165) is 50.8 Å². The van der Waals surface area contributed by atoms with E-state index in [1.54, 1.807) is 0 Å². The fourth-order valence-electron chi connectivity index (χ4n) is 2.80. The van der Waals surface area contributed by atoms with Crippen LogP contribution in [-0.4, -0.2) is 60.2 Å². The standard InChI is InChI=1S/C15H27N5O/c1-4-13(11-16)19-6-8-20(9-7-19)14-10-15(21-5-2)18-12(3)17-14/h10,13H,4-9,11,16H2,1-3H3. The number of nitrogens with zero attached hydrogens (tertiary/aromatic N) is 4. The van der Waals surface area contributed by atoms with Crippen LogP contribution < -0.4 is 15.4 Å². The van der Waals surface area contributed by atoms with Crippen LogP contribution in [0, 0.1) is 6.92 Å². The summed E-state index contributed by atoms with van der Waals surface area (Å²) >= 11 is 0. The van der Waals surface area contributed by atoms with Gasteiger partial charge in [-0.25, -0.2) is 4.98 Å². The highest BCUT2D eigenvalue weighted by molar-refractivity contribution is 5.42. The predicted molar refractivity (Wildman–Crippen MR) is 84.9 cm³/mol. The van der Waals surface area contributed by atoms with Gasteiger partial charge in [-0.05, 0) is 20.3 Å². The molecule has 0 spiro atoms. The first kappa shape index (κ1) is 16.0.